The summed E-state index contributed by atoms with van der Waals surface area (Å²) in [5.74, 6) is 0.0139. The molecule has 1 heterocycles. The Morgan fingerprint density at radius 1 is 1.16 bits per heavy atom. The lowest BCUT2D eigenvalue weighted by atomic mass is 9.95. The zero-order chi connectivity index (χ0) is 13.7. The van der Waals surface area contributed by atoms with Crippen LogP contribution in [-0.4, -0.2) is 10.9 Å². The highest BCUT2D eigenvalue weighted by atomic mass is 16.1. The fourth-order valence-corrected chi connectivity index (χ4v) is 1.98. The second-order valence-electron chi connectivity index (χ2n) is 5.08. The lowest BCUT2D eigenvalue weighted by Gasteiger charge is -2.26. The number of amides is 1. The first-order valence-corrected chi connectivity index (χ1v) is 6.33. The predicted molar refractivity (Wildman–Crippen MR) is 75.6 cm³/mol. The maximum absolute atomic E-state index is 12.1. The largest absolute Gasteiger partial charge is 0.347 e. The Kier molecular flexibility index (Phi) is 3.95. The number of rotatable bonds is 4. The van der Waals surface area contributed by atoms with Gasteiger partial charge < -0.3 is 5.32 Å². The summed E-state index contributed by atoms with van der Waals surface area (Å²) in [5.41, 5.74) is 1.60. The number of hydrogen-bond donors (Lipinski definition) is 1. The zero-order valence-electron chi connectivity index (χ0n) is 11.3. The van der Waals surface area contributed by atoms with Gasteiger partial charge in [-0.05, 0) is 31.0 Å². The molecule has 0 spiro atoms. The Hall–Kier alpha value is -2.16. The molecule has 2 rings (SSSR count). The minimum absolute atomic E-state index is 0.0139. The van der Waals surface area contributed by atoms with E-state index in [-0.39, 0.29) is 5.91 Å². The van der Waals surface area contributed by atoms with Gasteiger partial charge in [0.25, 0.3) is 0 Å². The van der Waals surface area contributed by atoms with Crippen molar-refractivity contribution in [3.63, 3.8) is 0 Å². The van der Waals surface area contributed by atoms with Crippen molar-refractivity contribution < 1.29 is 4.79 Å². The smallest absolute Gasteiger partial charge is 0.225 e. The van der Waals surface area contributed by atoms with Crippen LogP contribution in [0.15, 0.2) is 54.9 Å². The fraction of sp³-hybridized carbons (Fsp3) is 0.250. The summed E-state index contributed by atoms with van der Waals surface area (Å²) in [6.45, 7) is 3.96. The van der Waals surface area contributed by atoms with E-state index in [1.54, 1.807) is 12.4 Å². The van der Waals surface area contributed by atoms with Crippen LogP contribution in [-0.2, 0) is 16.8 Å². The molecule has 0 radical (unpaired) electrons. The van der Waals surface area contributed by atoms with Crippen LogP contribution in [0.25, 0.3) is 0 Å². The van der Waals surface area contributed by atoms with Crippen molar-refractivity contribution in [2.24, 2.45) is 0 Å². The van der Waals surface area contributed by atoms with Crippen LogP contribution in [0.2, 0.25) is 0 Å². The van der Waals surface area contributed by atoms with E-state index in [1.807, 2.05) is 56.3 Å². The Labute approximate surface area is 113 Å². The molecule has 1 amide bonds. The Morgan fingerprint density at radius 3 is 2.53 bits per heavy atom. The molecule has 1 aromatic carbocycles. The van der Waals surface area contributed by atoms with Crippen molar-refractivity contribution in [1.29, 1.82) is 0 Å². The maximum Gasteiger partial charge on any atom is 0.225 e. The van der Waals surface area contributed by atoms with Gasteiger partial charge in [-0.1, -0.05) is 36.4 Å². The van der Waals surface area contributed by atoms with Crippen LogP contribution in [0.3, 0.4) is 0 Å². The first kappa shape index (κ1) is 13.3. The quantitative estimate of drug-likeness (QED) is 0.911. The summed E-state index contributed by atoms with van der Waals surface area (Å²) >= 11 is 0. The monoisotopic (exact) mass is 254 g/mol. The molecule has 3 heteroatoms. The molecular formula is C16H18N2O. The van der Waals surface area contributed by atoms with Crippen LogP contribution >= 0.6 is 0 Å². The summed E-state index contributed by atoms with van der Waals surface area (Å²) in [5, 5.41) is 3.04. The number of nitrogens with one attached hydrogen (secondary N) is 1. The van der Waals surface area contributed by atoms with Crippen molar-refractivity contribution in [3.8, 4) is 0 Å². The van der Waals surface area contributed by atoms with Crippen LogP contribution < -0.4 is 5.32 Å². The highest BCUT2D eigenvalue weighted by Crippen LogP contribution is 2.18. The lowest BCUT2D eigenvalue weighted by molar-refractivity contribution is -0.122. The molecule has 0 bridgehead atoms. The van der Waals surface area contributed by atoms with Gasteiger partial charge in [-0.3, -0.25) is 9.78 Å². The summed E-state index contributed by atoms with van der Waals surface area (Å²) in [4.78, 5) is 16.2. The van der Waals surface area contributed by atoms with E-state index < -0.39 is 5.54 Å². The third-order valence-electron chi connectivity index (χ3n) is 3.04. The summed E-state index contributed by atoms with van der Waals surface area (Å²) in [6, 6.07) is 13.6. The summed E-state index contributed by atoms with van der Waals surface area (Å²) in [6.07, 6.45) is 3.90. The van der Waals surface area contributed by atoms with E-state index in [4.69, 9.17) is 0 Å². The first-order chi connectivity index (χ1) is 9.08. The van der Waals surface area contributed by atoms with Gasteiger partial charge in [-0.15, -0.1) is 0 Å². The zero-order valence-corrected chi connectivity index (χ0v) is 11.3. The van der Waals surface area contributed by atoms with Crippen LogP contribution in [0.1, 0.15) is 25.0 Å². The number of aromatic nitrogens is 1. The second-order valence-corrected chi connectivity index (χ2v) is 5.08. The molecule has 0 aliphatic carbocycles. The average molecular weight is 254 g/mol. The normalized spacial score (nSPS) is 11.1. The van der Waals surface area contributed by atoms with E-state index in [1.165, 1.54) is 0 Å². The molecule has 0 aliphatic heterocycles. The van der Waals surface area contributed by atoms with E-state index in [0.29, 0.717) is 6.42 Å². The molecule has 0 atom stereocenters. The van der Waals surface area contributed by atoms with Crippen molar-refractivity contribution in [2.75, 3.05) is 0 Å². The van der Waals surface area contributed by atoms with E-state index >= 15 is 0 Å². The molecule has 0 saturated heterocycles. The van der Waals surface area contributed by atoms with Gasteiger partial charge in [0.2, 0.25) is 5.91 Å². The minimum atomic E-state index is -0.417. The number of carbonyl (C=O) groups excluding carboxylic acids is 1. The topological polar surface area (TPSA) is 42.0 Å². The number of benzene rings is 1. The Bertz CT molecular complexity index is 535. The first-order valence-electron chi connectivity index (χ1n) is 6.33. The average Bonchev–Trinajstić information content (AvgIpc) is 2.40. The highest BCUT2D eigenvalue weighted by Gasteiger charge is 2.22. The highest BCUT2D eigenvalue weighted by molar-refractivity contribution is 5.79. The number of carbonyl (C=O) groups is 1. The predicted octanol–water partition coefficient (Wildman–Crippen LogP) is 2.68. The molecule has 1 aromatic heterocycles. The van der Waals surface area contributed by atoms with Gasteiger partial charge in [-0.2, -0.15) is 0 Å². The van der Waals surface area contributed by atoms with Crippen LogP contribution in [0, 0.1) is 0 Å². The summed E-state index contributed by atoms with van der Waals surface area (Å²) in [7, 11) is 0. The van der Waals surface area contributed by atoms with Crippen molar-refractivity contribution in [3.05, 3.63) is 66.0 Å². The number of hydrogen-bond acceptors (Lipinski definition) is 2. The number of pyridine rings is 1. The molecule has 0 aliphatic rings. The minimum Gasteiger partial charge on any atom is -0.347 e. The van der Waals surface area contributed by atoms with Crippen LogP contribution in [0.4, 0.5) is 0 Å². The van der Waals surface area contributed by atoms with Crippen molar-refractivity contribution in [2.45, 2.75) is 25.8 Å². The second kappa shape index (κ2) is 5.65. The molecule has 2 aromatic rings. The van der Waals surface area contributed by atoms with Crippen molar-refractivity contribution in [1.82, 2.24) is 10.3 Å². The standard InChI is InChI=1S/C16H18N2O/c1-16(2,14-9-6-10-17-12-14)18-15(19)11-13-7-4-3-5-8-13/h3-10,12H,11H2,1-2H3,(H,18,19). The SMILES string of the molecule is CC(C)(NC(=O)Cc1ccccc1)c1cccnc1. The van der Waals surface area contributed by atoms with Gasteiger partial charge >= 0.3 is 0 Å². The molecule has 0 fully saturated rings. The molecule has 0 unspecified atom stereocenters. The van der Waals surface area contributed by atoms with Gasteiger partial charge in [0.1, 0.15) is 0 Å². The molecule has 3 nitrogen and oxygen atoms in total. The Balaban J connectivity index is 2.02. The van der Waals surface area contributed by atoms with Crippen LogP contribution in [0.5, 0.6) is 0 Å². The fourth-order valence-electron chi connectivity index (χ4n) is 1.98. The number of nitrogens with zero attached hydrogens (tertiary/aromatic N) is 1. The maximum atomic E-state index is 12.1. The van der Waals surface area contributed by atoms with Crippen molar-refractivity contribution >= 4 is 5.91 Å². The molecule has 19 heavy (non-hydrogen) atoms. The van der Waals surface area contributed by atoms with E-state index in [9.17, 15) is 4.79 Å². The van der Waals surface area contributed by atoms with E-state index in [2.05, 4.69) is 10.3 Å². The van der Waals surface area contributed by atoms with Gasteiger partial charge in [0.05, 0.1) is 12.0 Å². The molecule has 0 saturated carbocycles. The Morgan fingerprint density at radius 2 is 1.89 bits per heavy atom. The van der Waals surface area contributed by atoms with E-state index in [0.717, 1.165) is 11.1 Å². The molecule has 1 N–H and O–H groups in total. The van der Waals surface area contributed by atoms with Gasteiger partial charge in [0.15, 0.2) is 0 Å². The molecular weight excluding hydrogens is 236 g/mol. The van der Waals surface area contributed by atoms with Gasteiger partial charge in [0, 0.05) is 12.4 Å². The third-order valence-corrected chi connectivity index (χ3v) is 3.04. The van der Waals surface area contributed by atoms with Gasteiger partial charge in [-0.25, -0.2) is 0 Å². The third kappa shape index (κ3) is 3.65. The lowest BCUT2D eigenvalue weighted by Crippen LogP contribution is -2.41. The summed E-state index contributed by atoms with van der Waals surface area (Å²) < 4.78 is 0. The molecule has 98 valence electrons.